The Morgan fingerprint density at radius 1 is 1.43 bits per heavy atom. The van der Waals surface area contributed by atoms with Gasteiger partial charge >= 0.3 is 0 Å². The number of rotatable bonds is 2. The van der Waals surface area contributed by atoms with E-state index in [1.54, 1.807) is 13.8 Å². The zero-order valence-electron chi connectivity index (χ0n) is 8.47. The standard InChI is InChI=1S/C10H14FNO2/c1-10(2,12)9-7(13)4-6(11)5-8(9)14-3/h4-5,13H,12H2,1-3H3. The predicted octanol–water partition coefficient (Wildman–Crippen LogP) is 1.73. The highest BCUT2D eigenvalue weighted by molar-refractivity contribution is 5.48. The Morgan fingerprint density at radius 2 is 2.00 bits per heavy atom. The highest BCUT2D eigenvalue weighted by Gasteiger charge is 2.24. The number of halogens is 1. The molecule has 0 unspecified atom stereocenters. The van der Waals surface area contributed by atoms with Crippen LogP contribution in [0.25, 0.3) is 0 Å². The Hall–Kier alpha value is -1.29. The second-order valence-electron chi connectivity index (χ2n) is 3.72. The molecule has 0 atom stereocenters. The molecular formula is C10H14FNO2. The second-order valence-corrected chi connectivity index (χ2v) is 3.72. The summed E-state index contributed by atoms with van der Waals surface area (Å²) in [6.07, 6.45) is 0. The first-order valence-corrected chi connectivity index (χ1v) is 4.22. The molecule has 0 saturated heterocycles. The summed E-state index contributed by atoms with van der Waals surface area (Å²) in [4.78, 5) is 0. The zero-order valence-corrected chi connectivity index (χ0v) is 8.47. The van der Waals surface area contributed by atoms with E-state index in [-0.39, 0.29) is 11.5 Å². The van der Waals surface area contributed by atoms with Gasteiger partial charge in [0.25, 0.3) is 0 Å². The van der Waals surface area contributed by atoms with E-state index < -0.39 is 11.4 Å². The van der Waals surface area contributed by atoms with Crippen LogP contribution < -0.4 is 10.5 Å². The number of methoxy groups -OCH3 is 1. The molecule has 1 rings (SSSR count). The molecule has 4 heteroatoms. The third kappa shape index (κ3) is 1.96. The highest BCUT2D eigenvalue weighted by Crippen LogP contribution is 2.36. The Morgan fingerprint density at radius 3 is 2.43 bits per heavy atom. The fourth-order valence-corrected chi connectivity index (χ4v) is 1.38. The lowest BCUT2D eigenvalue weighted by atomic mass is 9.93. The van der Waals surface area contributed by atoms with Gasteiger partial charge in [-0.25, -0.2) is 4.39 Å². The van der Waals surface area contributed by atoms with Crippen molar-refractivity contribution in [1.82, 2.24) is 0 Å². The Bertz CT molecular complexity index is 345. The molecule has 0 amide bonds. The van der Waals surface area contributed by atoms with Crippen molar-refractivity contribution < 1.29 is 14.2 Å². The maximum absolute atomic E-state index is 12.9. The van der Waals surface area contributed by atoms with E-state index in [0.29, 0.717) is 5.56 Å². The smallest absolute Gasteiger partial charge is 0.130 e. The van der Waals surface area contributed by atoms with Crippen molar-refractivity contribution in [3.8, 4) is 11.5 Å². The monoisotopic (exact) mass is 199 g/mol. The molecule has 0 spiro atoms. The molecule has 14 heavy (non-hydrogen) atoms. The molecule has 0 saturated carbocycles. The summed E-state index contributed by atoms with van der Waals surface area (Å²) in [6.45, 7) is 3.42. The van der Waals surface area contributed by atoms with Crippen LogP contribution in [0.3, 0.4) is 0 Å². The van der Waals surface area contributed by atoms with Crippen LogP contribution in [0.1, 0.15) is 19.4 Å². The molecule has 78 valence electrons. The van der Waals surface area contributed by atoms with Gasteiger partial charge < -0.3 is 15.6 Å². The molecule has 0 heterocycles. The van der Waals surface area contributed by atoms with Crippen molar-refractivity contribution in [2.24, 2.45) is 5.73 Å². The molecule has 0 fully saturated rings. The third-order valence-corrected chi connectivity index (χ3v) is 1.91. The van der Waals surface area contributed by atoms with Crippen LogP contribution in [0.4, 0.5) is 4.39 Å². The molecule has 3 N–H and O–H groups in total. The first-order valence-electron chi connectivity index (χ1n) is 4.22. The van der Waals surface area contributed by atoms with Gasteiger partial charge in [0, 0.05) is 17.7 Å². The Kier molecular flexibility index (Phi) is 2.66. The van der Waals surface area contributed by atoms with Gasteiger partial charge in [0.15, 0.2) is 0 Å². The van der Waals surface area contributed by atoms with Crippen LogP contribution >= 0.6 is 0 Å². The maximum Gasteiger partial charge on any atom is 0.130 e. The third-order valence-electron chi connectivity index (χ3n) is 1.91. The molecule has 0 radical (unpaired) electrons. The topological polar surface area (TPSA) is 55.5 Å². The van der Waals surface area contributed by atoms with Gasteiger partial charge in [0.05, 0.1) is 12.7 Å². The van der Waals surface area contributed by atoms with Crippen LogP contribution in [0.2, 0.25) is 0 Å². The number of benzene rings is 1. The fraction of sp³-hybridized carbons (Fsp3) is 0.400. The fourth-order valence-electron chi connectivity index (χ4n) is 1.38. The van der Waals surface area contributed by atoms with Gasteiger partial charge in [-0.1, -0.05) is 0 Å². The number of nitrogens with two attached hydrogens (primary N) is 1. The summed E-state index contributed by atoms with van der Waals surface area (Å²) in [5.41, 5.74) is 5.45. The van der Waals surface area contributed by atoms with Crippen molar-refractivity contribution in [2.45, 2.75) is 19.4 Å². The lowest BCUT2D eigenvalue weighted by Gasteiger charge is -2.23. The Balaban J connectivity index is 3.40. The van der Waals surface area contributed by atoms with Gasteiger partial charge in [-0.3, -0.25) is 0 Å². The molecule has 0 bridgehead atoms. The normalized spacial score (nSPS) is 11.5. The lowest BCUT2D eigenvalue weighted by Crippen LogP contribution is -2.29. The lowest BCUT2D eigenvalue weighted by molar-refractivity contribution is 0.372. The predicted molar refractivity (Wildman–Crippen MR) is 51.8 cm³/mol. The minimum Gasteiger partial charge on any atom is -0.507 e. The van der Waals surface area contributed by atoms with E-state index >= 15 is 0 Å². The van der Waals surface area contributed by atoms with Gasteiger partial charge in [-0.15, -0.1) is 0 Å². The number of hydrogen-bond donors (Lipinski definition) is 2. The molecule has 3 nitrogen and oxygen atoms in total. The van der Waals surface area contributed by atoms with Crippen LogP contribution in [0.15, 0.2) is 12.1 Å². The van der Waals surface area contributed by atoms with E-state index in [2.05, 4.69) is 0 Å². The Labute approximate surface area is 82.3 Å². The van der Waals surface area contributed by atoms with Crippen molar-refractivity contribution in [3.63, 3.8) is 0 Å². The summed E-state index contributed by atoms with van der Waals surface area (Å²) in [6, 6.07) is 2.22. The minimum atomic E-state index is -0.775. The number of ether oxygens (including phenoxy) is 1. The average Bonchev–Trinajstić information content (AvgIpc) is 1.99. The van der Waals surface area contributed by atoms with E-state index in [1.807, 2.05) is 0 Å². The number of aromatic hydroxyl groups is 1. The summed E-state index contributed by atoms with van der Waals surface area (Å²) in [5.74, 6) is -0.475. The zero-order chi connectivity index (χ0) is 10.9. The van der Waals surface area contributed by atoms with E-state index in [9.17, 15) is 9.50 Å². The quantitative estimate of drug-likeness (QED) is 0.762. The SMILES string of the molecule is COc1cc(F)cc(O)c1C(C)(C)N. The first kappa shape index (κ1) is 10.8. The van der Waals surface area contributed by atoms with Gasteiger partial charge in [-0.2, -0.15) is 0 Å². The van der Waals surface area contributed by atoms with Crippen molar-refractivity contribution >= 4 is 0 Å². The molecule has 1 aromatic carbocycles. The first-order chi connectivity index (χ1) is 6.36. The van der Waals surface area contributed by atoms with Crippen LogP contribution in [-0.2, 0) is 5.54 Å². The second kappa shape index (κ2) is 3.46. The summed E-state index contributed by atoms with van der Waals surface area (Å²) in [7, 11) is 1.41. The summed E-state index contributed by atoms with van der Waals surface area (Å²) >= 11 is 0. The van der Waals surface area contributed by atoms with Gasteiger partial charge in [0.1, 0.15) is 17.3 Å². The molecular weight excluding hydrogens is 185 g/mol. The van der Waals surface area contributed by atoms with Gasteiger partial charge in [0.2, 0.25) is 0 Å². The molecule has 0 aliphatic carbocycles. The van der Waals surface area contributed by atoms with Crippen molar-refractivity contribution in [2.75, 3.05) is 7.11 Å². The molecule has 0 aromatic heterocycles. The molecule has 1 aromatic rings. The molecule has 0 aliphatic heterocycles. The summed E-state index contributed by atoms with van der Waals surface area (Å²) < 4.78 is 17.9. The maximum atomic E-state index is 12.9. The van der Waals surface area contributed by atoms with Crippen LogP contribution in [0, 0.1) is 5.82 Å². The minimum absolute atomic E-state index is 0.186. The van der Waals surface area contributed by atoms with Gasteiger partial charge in [-0.05, 0) is 13.8 Å². The number of phenolic OH excluding ortho intramolecular Hbond substituents is 1. The van der Waals surface area contributed by atoms with E-state index in [1.165, 1.54) is 13.2 Å². The van der Waals surface area contributed by atoms with Crippen molar-refractivity contribution in [3.05, 3.63) is 23.5 Å². The number of phenols is 1. The molecule has 0 aliphatic rings. The van der Waals surface area contributed by atoms with E-state index in [4.69, 9.17) is 10.5 Å². The average molecular weight is 199 g/mol. The van der Waals surface area contributed by atoms with E-state index in [0.717, 1.165) is 6.07 Å². The van der Waals surface area contributed by atoms with Crippen LogP contribution in [-0.4, -0.2) is 12.2 Å². The number of hydrogen-bond acceptors (Lipinski definition) is 3. The highest BCUT2D eigenvalue weighted by atomic mass is 19.1. The largest absolute Gasteiger partial charge is 0.507 e. The van der Waals surface area contributed by atoms with Crippen molar-refractivity contribution in [1.29, 1.82) is 0 Å². The summed E-state index contributed by atoms with van der Waals surface area (Å²) in [5, 5.41) is 9.54. The van der Waals surface area contributed by atoms with Crippen LogP contribution in [0.5, 0.6) is 11.5 Å².